The first-order valence-electron chi connectivity index (χ1n) is 16.8. The van der Waals surface area contributed by atoms with E-state index in [-0.39, 0.29) is 5.91 Å². The number of carbonyl (C=O) groups excluding carboxylic acids is 1. The predicted molar refractivity (Wildman–Crippen MR) is 198 cm³/mol. The van der Waals surface area contributed by atoms with E-state index in [4.69, 9.17) is 9.72 Å². The van der Waals surface area contributed by atoms with Gasteiger partial charge in [-0.25, -0.2) is 9.97 Å². The highest BCUT2D eigenvalue weighted by Crippen LogP contribution is 2.38. The molecule has 256 valence electrons. The number of methoxy groups -OCH3 is 1. The lowest BCUT2D eigenvalue weighted by Crippen LogP contribution is -2.44. The quantitative estimate of drug-likeness (QED) is 0.156. The molecule has 1 aliphatic heterocycles. The molecule has 1 fully saturated rings. The zero-order valence-electron chi connectivity index (χ0n) is 29.5. The van der Waals surface area contributed by atoms with Crippen LogP contribution in [0.5, 0.6) is 5.75 Å². The highest BCUT2D eigenvalue weighted by molar-refractivity contribution is 6.02. The molecule has 2 aromatic carbocycles. The fraction of sp³-hybridized carbons (Fsp3) is 0.432. The summed E-state index contributed by atoms with van der Waals surface area (Å²) in [6, 6.07) is 15.1. The third-order valence-electron chi connectivity index (χ3n) is 8.73. The van der Waals surface area contributed by atoms with Crippen molar-refractivity contribution in [1.82, 2.24) is 29.7 Å². The number of ether oxygens (including phenoxy) is 1. The first kappa shape index (κ1) is 34.9. The molecule has 0 bridgehead atoms. The van der Waals surface area contributed by atoms with Crippen molar-refractivity contribution in [2.45, 2.75) is 38.8 Å². The second-order valence-corrected chi connectivity index (χ2v) is 13.1. The van der Waals surface area contributed by atoms with Gasteiger partial charge in [-0.1, -0.05) is 38.1 Å². The Labute approximate surface area is 285 Å². The number of likely N-dealkylation sites (tertiary alicyclic amines) is 1. The van der Waals surface area contributed by atoms with Crippen LogP contribution in [-0.4, -0.2) is 103 Å². The van der Waals surface area contributed by atoms with Crippen molar-refractivity contribution in [2.75, 3.05) is 76.5 Å². The Morgan fingerprint density at radius 3 is 2.58 bits per heavy atom. The highest BCUT2D eigenvalue weighted by Gasteiger charge is 2.20. The molecule has 1 saturated heterocycles. The molecule has 1 aliphatic rings. The Morgan fingerprint density at radius 2 is 1.85 bits per heavy atom. The number of piperidine rings is 1. The topological polar surface area (TPSA) is 103 Å². The minimum Gasteiger partial charge on any atom is -0.494 e. The number of para-hydroxylation sites is 1. The minimum atomic E-state index is -0.182. The Kier molecular flexibility index (Phi) is 11.7. The molecule has 4 aromatic rings. The Bertz CT molecular complexity index is 1710. The van der Waals surface area contributed by atoms with E-state index in [1.54, 1.807) is 19.4 Å². The van der Waals surface area contributed by atoms with Crippen molar-refractivity contribution >= 4 is 39.8 Å². The zero-order chi connectivity index (χ0) is 34.2. The maximum Gasteiger partial charge on any atom is 0.248 e. The van der Waals surface area contributed by atoms with Crippen LogP contribution in [0.3, 0.4) is 0 Å². The molecule has 1 amide bonds. The van der Waals surface area contributed by atoms with E-state index in [1.807, 2.05) is 64.6 Å². The molecule has 0 aliphatic carbocycles. The standard InChI is InChI=1S/C37H51N9O2/c1-26(2)39-27-15-19-46(20-16-27)18-10-13-36(47)40-31-23-32(35(48-7)24-34(31)44(5)22-21-43(3)4)42-37-38-17-14-30(41-37)29-25-45(6)33-12-9-8-11-28(29)33/h8-14,17,23-27,39H,15-16,18-22H2,1-7H3,(H,40,47)(H,38,41,42)/b13-10+. The van der Waals surface area contributed by atoms with Gasteiger partial charge in [0.25, 0.3) is 0 Å². The number of hydrogen-bond acceptors (Lipinski definition) is 9. The van der Waals surface area contributed by atoms with E-state index in [0.717, 1.165) is 73.4 Å². The second kappa shape index (κ2) is 16.1. The van der Waals surface area contributed by atoms with Crippen molar-refractivity contribution in [3.8, 4) is 17.0 Å². The van der Waals surface area contributed by atoms with Gasteiger partial charge in [0.1, 0.15) is 5.75 Å². The van der Waals surface area contributed by atoms with E-state index in [9.17, 15) is 4.79 Å². The van der Waals surface area contributed by atoms with E-state index >= 15 is 0 Å². The van der Waals surface area contributed by atoms with Gasteiger partial charge >= 0.3 is 0 Å². The molecule has 3 heterocycles. The van der Waals surface area contributed by atoms with Crippen LogP contribution in [0.25, 0.3) is 22.2 Å². The van der Waals surface area contributed by atoms with E-state index in [1.165, 1.54) is 0 Å². The van der Waals surface area contributed by atoms with Gasteiger partial charge in [-0.2, -0.15) is 0 Å². The molecule has 11 heteroatoms. The molecule has 11 nitrogen and oxygen atoms in total. The van der Waals surface area contributed by atoms with Crippen LogP contribution in [0.15, 0.2) is 67.0 Å². The molecular weight excluding hydrogens is 602 g/mol. The van der Waals surface area contributed by atoms with Gasteiger partial charge in [0.2, 0.25) is 11.9 Å². The minimum absolute atomic E-state index is 0.182. The maximum atomic E-state index is 13.3. The van der Waals surface area contributed by atoms with Gasteiger partial charge in [0, 0.05) is 86.8 Å². The summed E-state index contributed by atoms with van der Waals surface area (Å²) in [5.74, 6) is 0.862. The number of anilines is 4. The Balaban J connectivity index is 1.35. The van der Waals surface area contributed by atoms with Gasteiger partial charge in [0.15, 0.2) is 0 Å². The van der Waals surface area contributed by atoms with Crippen molar-refractivity contribution in [1.29, 1.82) is 0 Å². The van der Waals surface area contributed by atoms with Crippen LogP contribution in [-0.2, 0) is 11.8 Å². The lowest BCUT2D eigenvalue weighted by Gasteiger charge is -2.32. The average molecular weight is 654 g/mol. The Morgan fingerprint density at radius 1 is 1.08 bits per heavy atom. The number of nitrogens with zero attached hydrogens (tertiary/aromatic N) is 6. The van der Waals surface area contributed by atoms with Crippen LogP contribution in [0.2, 0.25) is 0 Å². The summed E-state index contributed by atoms with van der Waals surface area (Å²) in [5.41, 5.74) is 5.14. The van der Waals surface area contributed by atoms with Gasteiger partial charge in [0.05, 0.1) is 29.9 Å². The summed E-state index contributed by atoms with van der Waals surface area (Å²) < 4.78 is 7.94. The number of hydrogen-bond donors (Lipinski definition) is 3. The lowest BCUT2D eigenvalue weighted by atomic mass is 10.0. The fourth-order valence-electron chi connectivity index (χ4n) is 6.19. The summed E-state index contributed by atoms with van der Waals surface area (Å²) in [5, 5.41) is 11.3. The van der Waals surface area contributed by atoms with Crippen molar-refractivity contribution in [3.63, 3.8) is 0 Å². The summed E-state index contributed by atoms with van der Waals surface area (Å²) in [6.07, 6.45) is 9.67. The molecule has 0 unspecified atom stereocenters. The van der Waals surface area contributed by atoms with Crippen LogP contribution < -0.4 is 25.6 Å². The number of rotatable bonds is 14. The zero-order valence-corrected chi connectivity index (χ0v) is 29.5. The van der Waals surface area contributed by atoms with Crippen LogP contribution in [0.4, 0.5) is 23.0 Å². The first-order valence-corrected chi connectivity index (χ1v) is 16.8. The average Bonchev–Trinajstić information content (AvgIpc) is 3.40. The maximum absolute atomic E-state index is 13.3. The van der Waals surface area contributed by atoms with E-state index in [0.29, 0.717) is 35.2 Å². The molecular formula is C37H51N9O2. The van der Waals surface area contributed by atoms with E-state index < -0.39 is 0 Å². The van der Waals surface area contributed by atoms with Gasteiger partial charge in [-0.05, 0) is 58.2 Å². The Hall–Kier alpha value is -4.45. The largest absolute Gasteiger partial charge is 0.494 e. The van der Waals surface area contributed by atoms with E-state index in [2.05, 4.69) is 72.4 Å². The van der Waals surface area contributed by atoms with Gasteiger partial charge in [-0.3, -0.25) is 9.69 Å². The predicted octanol–water partition coefficient (Wildman–Crippen LogP) is 5.34. The number of benzene rings is 2. The number of aryl methyl sites for hydroxylation is 1. The molecule has 3 N–H and O–H groups in total. The monoisotopic (exact) mass is 653 g/mol. The summed E-state index contributed by atoms with van der Waals surface area (Å²) in [7, 11) is 9.79. The lowest BCUT2D eigenvalue weighted by molar-refractivity contribution is -0.111. The second-order valence-electron chi connectivity index (χ2n) is 13.1. The number of fused-ring (bicyclic) bond motifs is 1. The van der Waals surface area contributed by atoms with Crippen LogP contribution in [0, 0.1) is 0 Å². The number of likely N-dealkylation sites (N-methyl/N-ethyl adjacent to an activating group) is 2. The number of nitrogens with one attached hydrogen (secondary N) is 3. The number of amides is 1. The van der Waals surface area contributed by atoms with Crippen molar-refractivity contribution in [2.24, 2.45) is 7.05 Å². The molecule has 0 radical (unpaired) electrons. The molecule has 0 atom stereocenters. The normalized spacial score (nSPS) is 14.4. The summed E-state index contributed by atoms with van der Waals surface area (Å²) in [6.45, 7) is 8.79. The number of carbonyl (C=O) groups is 1. The summed E-state index contributed by atoms with van der Waals surface area (Å²) in [4.78, 5) is 29.3. The SMILES string of the molecule is COc1cc(N(C)CCN(C)C)c(NC(=O)/C=C/CN2CCC(NC(C)C)CC2)cc1Nc1nccc(-c2cn(C)c3ccccc23)n1. The fourth-order valence-corrected chi connectivity index (χ4v) is 6.19. The van der Waals surface area contributed by atoms with Crippen LogP contribution >= 0.6 is 0 Å². The smallest absolute Gasteiger partial charge is 0.248 e. The third kappa shape index (κ3) is 8.91. The van der Waals surface area contributed by atoms with Gasteiger partial charge in [-0.15, -0.1) is 0 Å². The van der Waals surface area contributed by atoms with Crippen LogP contribution in [0.1, 0.15) is 26.7 Å². The summed E-state index contributed by atoms with van der Waals surface area (Å²) >= 11 is 0. The number of aromatic nitrogens is 3. The molecule has 5 rings (SSSR count). The molecule has 2 aromatic heterocycles. The highest BCUT2D eigenvalue weighted by atomic mass is 16.5. The third-order valence-corrected chi connectivity index (χ3v) is 8.73. The molecule has 0 spiro atoms. The van der Waals surface area contributed by atoms with Gasteiger partial charge < -0.3 is 35.1 Å². The van der Waals surface area contributed by atoms with Crippen molar-refractivity contribution in [3.05, 3.63) is 67.0 Å². The molecule has 48 heavy (non-hydrogen) atoms. The van der Waals surface area contributed by atoms with Crippen molar-refractivity contribution < 1.29 is 9.53 Å². The molecule has 0 saturated carbocycles. The first-order chi connectivity index (χ1) is 23.1.